The fraction of sp³-hybridized carbons (Fsp3) is 1.00. The summed E-state index contributed by atoms with van der Waals surface area (Å²) in [7, 11) is 5.06. The lowest BCUT2D eigenvalue weighted by Crippen LogP contribution is -2.86. The first-order valence-electron chi connectivity index (χ1n) is 12.4. The Morgan fingerprint density at radius 3 is 2.59 bits per heavy atom. The van der Waals surface area contributed by atoms with Crippen LogP contribution in [-0.4, -0.2) is 103 Å². The van der Waals surface area contributed by atoms with Crippen LogP contribution in [0.1, 0.15) is 32.6 Å². The van der Waals surface area contributed by atoms with Crippen LogP contribution in [0.3, 0.4) is 0 Å². The van der Waals surface area contributed by atoms with Crippen LogP contribution in [0.15, 0.2) is 0 Å². The summed E-state index contributed by atoms with van der Waals surface area (Å²) in [4.78, 5) is 2.32. The Kier molecular flexibility index (Phi) is 3.99. The maximum atomic E-state index is 12.9. The molecule has 32 heavy (non-hydrogen) atoms. The molecule has 0 aromatic rings. The van der Waals surface area contributed by atoms with Crippen LogP contribution in [0.25, 0.3) is 0 Å². The van der Waals surface area contributed by atoms with Gasteiger partial charge in [-0.25, -0.2) is 0 Å². The molecule has 1 spiro atoms. The Hall–Kier alpha value is -0.320. The molecule has 3 N–H and O–H groups in total. The molecule has 9 fully saturated rings. The highest BCUT2D eigenvalue weighted by Gasteiger charge is 2.94. The second-order valence-corrected chi connectivity index (χ2v) is 11.8. The summed E-state index contributed by atoms with van der Waals surface area (Å²) in [6.45, 7) is 3.37. The molecule has 0 aromatic carbocycles. The summed E-state index contributed by atoms with van der Waals surface area (Å²) in [6.07, 6.45) is 1.31. The smallest absolute Gasteiger partial charge is 0.136 e. The third-order valence-corrected chi connectivity index (χ3v) is 11.6. The minimum absolute atomic E-state index is 0.00204. The van der Waals surface area contributed by atoms with Crippen molar-refractivity contribution in [1.82, 2.24) is 4.90 Å². The van der Waals surface area contributed by atoms with E-state index in [1.807, 2.05) is 0 Å². The van der Waals surface area contributed by atoms with E-state index < -0.39 is 29.3 Å². The highest BCUT2D eigenvalue weighted by Crippen LogP contribution is 2.83. The molecule has 8 heteroatoms. The third-order valence-electron chi connectivity index (χ3n) is 11.6. The van der Waals surface area contributed by atoms with Gasteiger partial charge in [0.2, 0.25) is 0 Å². The lowest BCUT2D eigenvalue weighted by Gasteiger charge is -2.76. The van der Waals surface area contributed by atoms with Gasteiger partial charge in [-0.3, -0.25) is 4.90 Å². The van der Waals surface area contributed by atoms with E-state index in [1.165, 1.54) is 0 Å². The first-order chi connectivity index (χ1) is 15.3. The summed E-state index contributed by atoms with van der Waals surface area (Å²) in [5.41, 5.74) is -3.69. The van der Waals surface area contributed by atoms with Crippen LogP contribution < -0.4 is 0 Å². The van der Waals surface area contributed by atoms with Gasteiger partial charge in [-0.2, -0.15) is 0 Å². The number of rotatable bonds is 5. The summed E-state index contributed by atoms with van der Waals surface area (Å²) in [5, 5.41) is 36.9. The number of ether oxygens (including phenoxy) is 4. The van der Waals surface area contributed by atoms with Crippen molar-refractivity contribution in [2.24, 2.45) is 34.5 Å². The standard InChI is InChI=1S/C24H37NO7/c1-5-25-19-23-12-8-11-13(30-3)9-22(27,15(12)16(11)26)24(19,28)18(31-4)17(23)21(10-29-2)7-6-14(23)32-20(21)25/h11-20,26-28H,5-10H2,1-4H3/t11-,12-,13+,14+,15-,16+,17-,18+,19?,20?,21+,22-,23+,24+/m1/s1. The predicted molar refractivity (Wildman–Crippen MR) is 111 cm³/mol. The van der Waals surface area contributed by atoms with Gasteiger partial charge in [0.25, 0.3) is 0 Å². The molecule has 0 aromatic heterocycles. The Morgan fingerprint density at radius 1 is 1.16 bits per heavy atom. The molecule has 9 aliphatic rings. The summed E-state index contributed by atoms with van der Waals surface area (Å²) in [6, 6.07) is -0.267. The zero-order valence-corrected chi connectivity index (χ0v) is 19.4. The fourth-order valence-electron chi connectivity index (χ4n) is 11.2. The number of aliphatic hydroxyl groups excluding tert-OH is 1. The van der Waals surface area contributed by atoms with Gasteiger partial charge in [-0.1, -0.05) is 6.92 Å². The quantitative estimate of drug-likeness (QED) is 0.536. The molecule has 180 valence electrons. The number of fused-ring (bicyclic) bond motifs is 3. The average Bonchev–Trinajstić information content (AvgIpc) is 3.17. The Labute approximate surface area is 189 Å². The molecule has 0 radical (unpaired) electrons. The average molecular weight is 452 g/mol. The van der Waals surface area contributed by atoms with Crippen LogP contribution in [0.5, 0.6) is 0 Å². The van der Waals surface area contributed by atoms with Gasteiger partial charge >= 0.3 is 0 Å². The molecule has 4 aliphatic heterocycles. The molecular formula is C24H37NO7. The zero-order chi connectivity index (χ0) is 22.4. The van der Waals surface area contributed by atoms with Crippen LogP contribution in [0.4, 0.5) is 0 Å². The molecule has 0 amide bonds. The maximum Gasteiger partial charge on any atom is 0.136 e. The molecular weight excluding hydrogens is 414 g/mol. The number of methoxy groups -OCH3 is 3. The number of likely N-dealkylation sites (N-methyl/N-ethyl adjacent to an activating group) is 1. The van der Waals surface area contributed by atoms with Crippen LogP contribution in [0.2, 0.25) is 0 Å². The zero-order valence-electron chi connectivity index (χ0n) is 19.4. The number of hydrogen-bond acceptors (Lipinski definition) is 8. The lowest BCUT2D eigenvalue weighted by molar-refractivity contribution is -0.410. The second-order valence-electron chi connectivity index (χ2n) is 11.8. The van der Waals surface area contributed by atoms with E-state index in [0.717, 1.165) is 19.3 Å². The van der Waals surface area contributed by atoms with Crippen molar-refractivity contribution in [1.29, 1.82) is 0 Å². The number of nitrogens with zero attached hydrogens (tertiary/aromatic N) is 1. The molecule has 9 rings (SSSR count). The van der Waals surface area contributed by atoms with E-state index in [2.05, 4.69) is 11.8 Å². The van der Waals surface area contributed by atoms with Gasteiger partial charge in [-0.05, 0) is 31.7 Å². The number of piperidine rings is 1. The largest absolute Gasteiger partial charge is 0.392 e. The van der Waals surface area contributed by atoms with E-state index in [0.29, 0.717) is 19.6 Å². The van der Waals surface area contributed by atoms with Crippen molar-refractivity contribution >= 4 is 0 Å². The van der Waals surface area contributed by atoms with E-state index in [9.17, 15) is 15.3 Å². The van der Waals surface area contributed by atoms with Crippen LogP contribution in [-0.2, 0) is 18.9 Å². The highest BCUT2D eigenvalue weighted by atomic mass is 16.5. The fourth-order valence-corrected chi connectivity index (χ4v) is 11.2. The molecule has 14 atom stereocenters. The van der Waals surface area contributed by atoms with Gasteiger partial charge in [0.15, 0.2) is 0 Å². The van der Waals surface area contributed by atoms with Crippen molar-refractivity contribution in [3.8, 4) is 0 Å². The monoisotopic (exact) mass is 451 g/mol. The normalized spacial score (nSPS) is 65.7. The van der Waals surface area contributed by atoms with E-state index in [1.54, 1.807) is 21.3 Å². The van der Waals surface area contributed by atoms with Crippen LogP contribution >= 0.6 is 0 Å². The van der Waals surface area contributed by atoms with E-state index >= 15 is 0 Å². The topological polar surface area (TPSA) is 101 Å². The minimum atomic E-state index is -1.52. The molecule has 9 bridgehead atoms. The first kappa shape index (κ1) is 21.0. The van der Waals surface area contributed by atoms with Gasteiger partial charge in [0.05, 0.1) is 37.1 Å². The molecule has 8 nitrogen and oxygen atoms in total. The Morgan fingerprint density at radius 2 is 1.94 bits per heavy atom. The summed E-state index contributed by atoms with van der Waals surface area (Å²) < 4.78 is 24.7. The van der Waals surface area contributed by atoms with E-state index in [4.69, 9.17) is 18.9 Å². The molecule has 2 unspecified atom stereocenters. The predicted octanol–water partition coefficient (Wildman–Crippen LogP) is -0.0191. The van der Waals surface area contributed by atoms with Crippen molar-refractivity contribution in [3.63, 3.8) is 0 Å². The third kappa shape index (κ3) is 1.70. The van der Waals surface area contributed by atoms with Gasteiger partial charge in [-0.15, -0.1) is 0 Å². The SMILES string of the molecule is CCN1C2O[C@H]3CC[C@]2(COC)[C@H]2[C@H](OC)[C@]4(O)C1[C@@]32[C@@H]1C[C@H]2[C@H](O)[C@@H]1[C@]4(O)C[C@@H]2OC. The van der Waals surface area contributed by atoms with Gasteiger partial charge in [0.1, 0.15) is 17.4 Å². The molecule has 4 saturated heterocycles. The van der Waals surface area contributed by atoms with Crippen molar-refractivity contribution in [3.05, 3.63) is 0 Å². The van der Waals surface area contributed by atoms with Crippen LogP contribution in [0, 0.1) is 34.5 Å². The molecule has 5 aliphatic carbocycles. The molecule has 5 saturated carbocycles. The van der Waals surface area contributed by atoms with Crippen molar-refractivity contribution in [2.75, 3.05) is 34.5 Å². The lowest BCUT2D eigenvalue weighted by atomic mass is 9.41. The first-order valence-corrected chi connectivity index (χ1v) is 12.4. The number of aliphatic hydroxyl groups is 3. The number of hydrogen-bond donors (Lipinski definition) is 3. The Balaban J connectivity index is 1.55. The van der Waals surface area contributed by atoms with Gasteiger partial charge < -0.3 is 34.3 Å². The second kappa shape index (κ2) is 6.08. The van der Waals surface area contributed by atoms with Crippen molar-refractivity contribution < 1.29 is 34.3 Å². The molecule has 4 heterocycles. The highest BCUT2D eigenvalue weighted by molar-refractivity contribution is 5.43. The van der Waals surface area contributed by atoms with Gasteiger partial charge in [0, 0.05) is 56.3 Å². The van der Waals surface area contributed by atoms with Crippen molar-refractivity contribution in [2.45, 2.75) is 80.5 Å². The maximum absolute atomic E-state index is 12.9. The summed E-state index contributed by atoms with van der Waals surface area (Å²) in [5.74, 6) is -0.374. The Bertz CT molecular complexity index is 839. The van der Waals surface area contributed by atoms with E-state index in [-0.39, 0.29) is 53.1 Å². The summed E-state index contributed by atoms with van der Waals surface area (Å²) >= 11 is 0. The minimum Gasteiger partial charge on any atom is -0.392 e.